The van der Waals surface area contributed by atoms with Crippen LogP contribution >= 0.6 is 11.3 Å². The normalized spacial score (nSPS) is 20.2. The lowest BCUT2D eigenvalue weighted by molar-refractivity contribution is -0.130. The number of nitrogens with one attached hydrogen (secondary N) is 2. The molecule has 0 spiro atoms. The second-order valence-electron chi connectivity index (χ2n) is 9.35. The van der Waals surface area contributed by atoms with Gasteiger partial charge in [0.2, 0.25) is 5.91 Å². The Morgan fingerprint density at radius 1 is 1.21 bits per heavy atom. The molecule has 2 N–H and O–H groups in total. The van der Waals surface area contributed by atoms with E-state index in [1.165, 1.54) is 23.5 Å². The van der Waals surface area contributed by atoms with Crippen molar-refractivity contribution in [1.29, 1.82) is 0 Å². The molecule has 1 aliphatic carbocycles. The van der Waals surface area contributed by atoms with E-state index in [2.05, 4.69) is 27.6 Å². The van der Waals surface area contributed by atoms with E-state index in [0.29, 0.717) is 5.13 Å². The summed E-state index contributed by atoms with van der Waals surface area (Å²) in [6.07, 6.45) is 4.39. The zero-order valence-corrected chi connectivity index (χ0v) is 21.3. The second-order valence-corrected chi connectivity index (χ2v) is 10.2. The van der Waals surface area contributed by atoms with Gasteiger partial charge in [-0.05, 0) is 76.2 Å². The lowest BCUT2D eigenvalue weighted by Gasteiger charge is -2.41. The number of carbonyl (C=O) groups is 2. The Morgan fingerprint density at radius 2 is 1.94 bits per heavy atom. The predicted molar refractivity (Wildman–Crippen MR) is 135 cm³/mol. The molecule has 1 heterocycles. The Morgan fingerprint density at radius 3 is 2.59 bits per heavy atom. The van der Waals surface area contributed by atoms with Gasteiger partial charge in [0.15, 0.2) is 5.13 Å². The summed E-state index contributed by atoms with van der Waals surface area (Å²) in [7, 11) is 3.96. The number of urea groups is 1. The maximum Gasteiger partial charge on any atom is 0.321 e. The molecule has 0 saturated heterocycles. The average Bonchev–Trinajstić information content (AvgIpc) is 3.20. The number of nitrogens with zero attached hydrogens (tertiary/aromatic N) is 3. The molecule has 1 aliphatic rings. The summed E-state index contributed by atoms with van der Waals surface area (Å²) < 4.78 is 13.1. The number of anilines is 1. The van der Waals surface area contributed by atoms with Crippen LogP contribution in [-0.2, 0) is 11.2 Å². The smallest absolute Gasteiger partial charge is 0.321 e. The van der Waals surface area contributed by atoms with E-state index in [9.17, 15) is 14.0 Å². The fourth-order valence-corrected chi connectivity index (χ4v) is 5.33. The number of halogens is 1. The van der Waals surface area contributed by atoms with Crippen molar-refractivity contribution in [3.8, 4) is 0 Å². The van der Waals surface area contributed by atoms with Gasteiger partial charge >= 0.3 is 6.03 Å². The van der Waals surface area contributed by atoms with Gasteiger partial charge in [-0.3, -0.25) is 10.1 Å². The van der Waals surface area contributed by atoms with Crippen LogP contribution in [-0.4, -0.2) is 66.0 Å². The fraction of sp³-hybridized carbons (Fsp3) is 0.560. The first kappa shape index (κ1) is 26.1. The number of amides is 3. The highest BCUT2D eigenvalue weighted by Gasteiger charge is 2.34. The minimum atomic E-state index is -0.235. The highest BCUT2D eigenvalue weighted by Crippen LogP contribution is 2.29. The van der Waals surface area contributed by atoms with Crippen molar-refractivity contribution in [3.05, 3.63) is 46.7 Å². The standard InChI is InChI=1S/C25H36FN5O2S/c1-17-16-34-25(27-17)29-24(33)28-23-12-11-22(31(4)18(2)32)14-20(23)15-30(3)13-5-6-19-7-9-21(26)10-8-19/h7-10,16,20,22-23H,5-6,11-15H2,1-4H3,(H2,27,28,29,33)/t20-,22+,23+/m0/s1. The molecule has 3 atom stereocenters. The van der Waals surface area contributed by atoms with Crippen LogP contribution in [0.5, 0.6) is 0 Å². The number of carbonyl (C=O) groups excluding carboxylic acids is 2. The van der Waals surface area contributed by atoms with E-state index >= 15 is 0 Å². The van der Waals surface area contributed by atoms with Crippen LogP contribution in [0, 0.1) is 18.7 Å². The van der Waals surface area contributed by atoms with Crippen LogP contribution < -0.4 is 10.6 Å². The van der Waals surface area contributed by atoms with E-state index < -0.39 is 0 Å². The van der Waals surface area contributed by atoms with Crippen molar-refractivity contribution in [1.82, 2.24) is 20.1 Å². The van der Waals surface area contributed by atoms with Crippen molar-refractivity contribution in [2.75, 3.05) is 32.5 Å². The summed E-state index contributed by atoms with van der Waals surface area (Å²) in [5.41, 5.74) is 2.01. The van der Waals surface area contributed by atoms with Gasteiger partial charge in [-0.2, -0.15) is 0 Å². The van der Waals surface area contributed by atoms with Gasteiger partial charge in [0.25, 0.3) is 0 Å². The Hall–Kier alpha value is -2.52. The summed E-state index contributed by atoms with van der Waals surface area (Å²) in [6, 6.07) is 6.64. The SMILES string of the molecule is CC(=O)N(C)[C@@H]1CC[C@@H](NC(=O)Nc2nc(C)cs2)[C@H](CN(C)CCCc2ccc(F)cc2)C1. The number of rotatable bonds is 9. The molecule has 1 saturated carbocycles. The fourth-order valence-electron chi connectivity index (χ4n) is 4.65. The zero-order chi connectivity index (χ0) is 24.7. The third-order valence-electron chi connectivity index (χ3n) is 6.62. The first-order valence-electron chi connectivity index (χ1n) is 11.9. The molecule has 0 aliphatic heterocycles. The third-order valence-corrected chi connectivity index (χ3v) is 7.50. The van der Waals surface area contributed by atoms with Gasteiger partial charge in [0, 0.05) is 38.0 Å². The predicted octanol–water partition coefficient (Wildman–Crippen LogP) is 4.29. The number of aromatic nitrogens is 1. The van der Waals surface area contributed by atoms with Gasteiger partial charge in [0.1, 0.15) is 5.82 Å². The maximum atomic E-state index is 13.1. The minimum Gasteiger partial charge on any atom is -0.343 e. The summed E-state index contributed by atoms with van der Waals surface area (Å²) in [5, 5.41) is 8.50. The van der Waals surface area contributed by atoms with Gasteiger partial charge < -0.3 is 15.1 Å². The van der Waals surface area contributed by atoms with E-state index in [-0.39, 0.29) is 35.8 Å². The van der Waals surface area contributed by atoms with Crippen molar-refractivity contribution in [2.24, 2.45) is 5.92 Å². The first-order chi connectivity index (χ1) is 16.2. The highest BCUT2D eigenvalue weighted by molar-refractivity contribution is 7.13. The monoisotopic (exact) mass is 489 g/mol. The van der Waals surface area contributed by atoms with Crippen LogP contribution in [0.15, 0.2) is 29.6 Å². The van der Waals surface area contributed by atoms with Crippen molar-refractivity contribution in [3.63, 3.8) is 0 Å². The van der Waals surface area contributed by atoms with Gasteiger partial charge in [-0.25, -0.2) is 14.2 Å². The van der Waals surface area contributed by atoms with Crippen LogP contribution in [0.3, 0.4) is 0 Å². The first-order valence-corrected chi connectivity index (χ1v) is 12.7. The maximum absolute atomic E-state index is 13.1. The molecule has 34 heavy (non-hydrogen) atoms. The van der Waals surface area contributed by atoms with Crippen molar-refractivity contribution < 1.29 is 14.0 Å². The van der Waals surface area contributed by atoms with Crippen LogP contribution in [0.2, 0.25) is 0 Å². The zero-order valence-electron chi connectivity index (χ0n) is 20.5. The highest BCUT2D eigenvalue weighted by atomic mass is 32.1. The van der Waals surface area contributed by atoms with Gasteiger partial charge in [-0.1, -0.05) is 12.1 Å². The second kappa shape index (κ2) is 12.3. The Bertz CT molecular complexity index is 951. The molecule has 1 fully saturated rings. The van der Waals surface area contributed by atoms with Crippen LogP contribution in [0.25, 0.3) is 0 Å². The Kier molecular flexibility index (Phi) is 9.41. The lowest BCUT2D eigenvalue weighted by atomic mass is 9.80. The summed E-state index contributed by atoms with van der Waals surface area (Å²) >= 11 is 1.41. The van der Waals surface area contributed by atoms with E-state index in [1.54, 1.807) is 6.92 Å². The molecule has 0 bridgehead atoms. The molecule has 3 amide bonds. The minimum absolute atomic E-state index is 0.0252. The molecule has 0 radical (unpaired) electrons. The number of benzene rings is 1. The molecule has 2 aromatic rings. The van der Waals surface area contributed by atoms with E-state index in [1.807, 2.05) is 36.4 Å². The summed E-state index contributed by atoms with van der Waals surface area (Å²) in [6.45, 7) is 5.23. The molecular weight excluding hydrogens is 453 g/mol. The molecule has 3 rings (SSSR count). The number of hydrogen-bond donors (Lipinski definition) is 2. The number of thiazole rings is 1. The third kappa shape index (κ3) is 7.77. The summed E-state index contributed by atoms with van der Waals surface area (Å²) in [4.78, 5) is 33.0. The Labute approximate surface area is 205 Å². The van der Waals surface area contributed by atoms with Crippen molar-refractivity contribution in [2.45, 2.75) is 58.0 Å². The van der Waals surface area contributed by atoms with Crippen LogP contribution in [0.1, 0.15) is 43.9 Å². The molecule has 1 aromatic heterocycles. The molecule has 9 heteroatoms. The summed E-state index contributed by atoms with van der Waals surface area (Å²) in [5.74, 6) is 0.0793. The van der Waals surface area contributed by atoms with E-state index in [4.69, 9.17) is 0 Å². The van der Waals surface area contributed by atoms with Gasteiger partial charge in [-0.15, -0.1) is 11.3 Å². The number of aryl methyl sites for hydroxylation is 2. The number of hydrogen-bond acceptors (Lipinski definition) is 5. The largest absolute Gasteiger partial charge is 0.343 e. The Balaban J connectivity index is 1.56. The molecule has 0 unspecified atom stereocenters. The van der Waals surface area contributed by atoms with E-state index in [0.717, 1.165) is 56.5 Å². The molecule has 186 valence electrons. The molecule has 7 nitrogen and oxygen atoms in total. The average molecular weight is 490 g/mol. The van der Waals surface area contributed by atoms with Crippen molar-refractivity contribution >= 4 is 28.4 Å². The van der Waals surface area contributed by atoms with Crippen LogP contribution in [0.4, 0.5) is 14.3 Å². The topological polar surface area (TPSA) is 77.6 Å². The molecule has 1 aromatic carbocycles. The quantitative estimate of drug-likeness (QED) is 0.551. The molecular formula is C25H36FN5O2S. The lowest BCUT2D eigenvalue weighted by Crippen LogP contribution is -2.52. The van der Waals surface area contributed by atoms with Gasteiger partial charge in [0.05, 0.1) is 5.69 Å².